The van der Waals surface area contributed by atoms with Crippen molar-refractivity contribution in [2.24, 2.45) is 5.92 Å². The van der Waals surface area contributed by atoms with Crippen LogP contribution in [0.1, 0.15) is 45.7 Å². The van der Waals surface area contributed by atoms with E-state index in [0.717, 1.165) is 42.4 Å². The second-order valence-corrected chi connectivity index (χ2v) is 7.50. The molecule has 1 amide bonds. The number of fused-ring (bicyclic) bond motifs is 1. The Kier molecular flexibility index (Phi) is 4.69. The van der Waals surface area contributed by atoms with Gasteiger partial charge in [-0.05, 0) is 58.1 Å². The number of alkyl carbamates (subject to hydrolysis) is 1. The van der Waals surface area contributed by atoms with Crippen molar-refractivity contribution in [2.45, 2.75) is 58.1 Å². The van der Waals surface area contributed by atoms with Gasteiger partial charge >= 0.3 is 6.09 Å². The summed E-state index contributed by atoms with van der Waals surface area (Å²) < 4.78 is 5.38. The molecular formula is C19H25N3O2. The third-order valence-corrected chi connectivity index (χ3v) is 4.33. The standard InChI is InChI=1S/C19H25N3O2/c1-19(2,3)24-18(23)22-15-10-6-7-13(15)11-14-12-20-16-8-4-5-9-17(16)21-14/h4-5,8-9,12-13,15H,6-7,10-11H2,1-3H3,(H,22,23)/t13-,15-/m0/s1. The summed E-state index contributed by atoms with van der Waals surface area (Å²) in [7, 11) is 0. The Balaban J connectivity index is 1.65. The maximum Gasteiger partial charge on any atom is 0.407 e. The summed E-state index contributed by atoms with van der Waals surface area (Å²) in [5.41, 5.74) is 2.35. The zero-order valence-corrected chi connectivity index (χ0v) is 14.6. The van der Waals surface area contributed by atoms with E-state index in [1.54, 1.807) is 0 Å². The molecule has 24 heavy (non-hydrogen) atoms. The first-order valence-electron chi connectivity index (χ1n) is 8.61. The van der Waals surface area contributed by atoms with E-state index >= 15 is 0 Å². The Morgan fingerprint density at radius 1 is 1.25 bits per heavy atom. The first kappa shape index (κ1) is 16.7. The Bertz CT molecular complexity index is 724. The Morgan fingerprint density at radius 3 is 2.75 bits per heavy atom. The minimum Gasteiger partial charge on any atom is -0.444 e. The van der Waals surface area contributed by atoms with Crippen molar-refractivity contribution in [1.82, 2.24) is 15.3 Å². The van der Waals surface area contributed by atoms with Crippen molar-refractivity contribution >= 4 is 17.1 Å². The molecule has 0 unspecified atom stereocenters. The lowest BCUT2D eigenvalue weighted by molar-refractivity contribution is 0.0492. The zero-order valence-electron chi connectivity index (χ0n) is 14.6. The van der Waals surface area contributed by atoms with Crippen molar-refractivity contribution in [1.29, 1.82) is 0 Å². The summed E-state index contributed by atoms with van der Waals surface area (Å²) >= 11 is 0. The van der Waals surface area contributed by atoms with Crippen molar-refractivity contribution in [2.75, 3.05) is 0 Å². The van der Waals surface area contributed by atoms with Crippen LogP contribution in [0.15, 0.2) is 30.5 Å². The van der Waals surface area contributed by atoms with Crippen LogP contribution < -0.4 is 5.32 Å². The van der Waals surface area contributed by atoms with Crippen LogP contribution in [-0.2, 0) is 11.2 Å². The molecule has 0 saturated heterocycles. The number of hydrogen-bond acceptors (Lipinski definition) is 4. The number of carbonyl (C=O) groups is 1. The van der Waals surface area contributed by atoms with Gasteiger partial charge in [0.05, 0.1) is 16.7 Å². The summed E-state index contributed by atoms with van der Waals surface area (Å²) in [6, 6.07) is 8.04. The molecule has 1 heterocycles. The van der Waals surface area contributed by atoms with Gasteiger partial charge in [0.25, 0.3) is 0 Å². The molecule has 3 rings (SSSR count). The van der Waals surface area contributed by atoms with Gasteiger partial charge in [-0.25, -0.2) is 9.78 Å². The highest BCUT2D eigenvalue weighted by Crippen LogP contribution is 2.29. The smallest absolute Gasteiger partial charge is 0.407 e. The summed E-state index contributed by atoms with van der Waals surface area (Å²) in [4.78, 5) is 21.2. The molecule has 1 saturated carbocycles. The highest BCUT2D eigenvalue weighted by Gasteiger charge is 2.30. The average Bonchev–Trinajstić information content (AvgIpc) is 2.92. The van der Waals surface area contributed by atoms with Crippen molar-refractivity contribution < 1.29 is 9.53 Å². The van der Waals surface area contributed by atoms with Crippen molar-refractivity contribution in [3.8, 4) is 0 Å². The van der Waals surface area contributed by atoms with Crippen LogP contribution in [0.4, 0.5) is 4.79 Å². The number of amides is 1. The second-order valence-electron chi connectivity index (χ2n) is 7.50. The molecule has 2 aromatic rings. The Labute approximate surface area is 142 Å². The highest BCUT2D eigenvalue weighted by atomic mass is 16.6. The van der Waals surface area contributed by atoms with Gasteiger partial charge in [0.1, 0.15) is 5.60 Å². The van der Waals surface area contributed by atoms with E-state index in [1.807, 2.05) is 51.2 Å². The molecule has 0 aliphatic heterocycles. The maximum absolute atomic E-state index is 12.0. The molecule has 1 aliphatic carbocycles. The number of ether oxygens (including phenoxy) is 1. The van der Waals surface area contributed by atoms with Crippen LogP contribution >= 0.6 is 0 Å². The summed E-state index contributed by atoms with van der Waals surface area (Å²) in [5, 5.41) is 3.03. The van der Waals surface area contributed by atoms with Gasteiger partial charge in [-0.3, -0.25) is 4.98 Å². The molecule has 0 bridgehead atoms. The van der Waals surface area contributed by atoms with Crippen LogP contribution in [0.2, 0.25) is 0 Å². The van der Waals surface area contributed by atoms with Crippen LogP contribution in [0.5, 0.6) is 0 Å². The minimum atomic E-state index is -0.470. The molecule has 1 aromatic heterocycles. The van der Waals surface area contributed by atoms with Crippen LogP contribution in [-0.4, -0.2) is 27.7 Å². The number of benzene rings is 1. The average molecular weight is 327 g/mol. The van der Waals surface area contributed by atoms with Gasteiger partial charge < -0.3 is 10.1 Å². The van der Waals surface area contributed by atoms with Crippen molar-refractivity contribution in [3.63, 3.8) is 0 Å². The van der Waals surface area contributed by atoms with E-state index in [4.69, 9.17) is 9.72 Å². The van der Waals surface area contributed by atoms with Gasteiger partial charge in [-0.15, -0.1) is 0 Å². The van der Waals surface area contributed by atoms with Crippen molar-refractivity contribution in [3.05, 3.63) is 36.2 Å². The number of aromatic nitrogens is 2. The fourth-order valence-corrected chi connectivity index (χ4v) is 3.29. The molecule has 5 nitrogen and oxygen atoms in total. The van der Waals surface area contributed by atoms with E-state index in [9.17, 15) is 4.79 Å². The van der Waals surface area contributed by atoms with E-state index in [1.165, 1.54) is 0 Å². The molecule has 0 spiro atoms. The molecule has 128 valence electrons. The molecule has 5 heteroatoms. The largest absolute Gasteiger partial charge is 0.444 e. The van der Waals surface area contributed by atoms with Gasteiger partial charge in [-0.2, -0.15) is 0 Å². The van der Waals surface area contributed by atoms with E-state index < -0.39 is 5.60 Å². The third kappa shape index (κ3) is 4.22. The fraction of sp³-hybridized carbons (Fsp3) is 0.526. The number of nitrogens with one attached hydrogen (secondary N) is 1. The molecule has 1 N–H and O–H groups in total. The first-order chi connectivity index (χ1) is 11.4. The topological polar surface area (TPSA) is 64.1 Å². The quantitative estimate of drug-likeness (QED) is 0.929. The number of nitrogens with zero attached hydrogens (tertiary/aromatic N) is 2. The lowest BCUT2D eigenvalue weighted by atomic mass is 9.98. The zero-order chi connectivity index (χ0) is 17.2. The molecule has 2 atom stereocenters. The minimum absolute atomic E-state index is 0.146. The summed E-state index contributed by atoms with van der Waals surface area (Å²) in [6.07, 6.45) is 5.55. The van der Waals surface area contributed by atoms with Gasteiger partial charge in [0.2, 0.25) is 0 Å². The van der Waals surface area contributed by atoms with Crippen LogP contribution in [0, 0.1) is 5.92 Å². The van der Waals surface area contributed by atoms with Gasteiger partial charge in [0.15, 0.2) is 0 Å². The van der Waals surface area contributed by atoms with E-state index in [2.05, 4.69) is 10.3 Å². The Morgan fingerprint density at radius 2 is 2.00 bits per heavy atom. The summed E-state index contributed by atoms with van der Waals surface area (Å²) in [5.74, 6) is 0.382. The molecular weight excluding hydrogens is 302 g/mol. The molecule has 1 aromatic carbocycles. The molecule has 1 aliphatic rings. The second kappa shape index (κ2) is 6.75. The predicted molar refractivity (Wildman–Crippen MR) is 93.7 cm³/mol. The van der Waals surface area contributed by atoms with E-state index in [-0.39, 0.29) is 12.1 Å². The third-order valence-electron chi connectivity index (χ3n) is 4.33. The van der Waals surface area contributed by atoms with Crippen LogP contribution in [0.3, 0.4) is 0 Å². The maximum atomic E-state index is 12.0. The van der Waals surface area contributed by atoms with Gasteiger partial charge in [-0.1, -0.05) is 18.6 Å². The number of para-hydroxylation sites is 2. The van der Waals surface area contributed by atoms with E-state index in [0.29, 0.717) is 5.92 Å². The van der Waals surface area contributed by atoms with Gasteiger partial charge in [0, 0.05) is 12.2 Å². The molecule has 0 radical (unpaired) electrons. The van der Waals surface area contributed by atoms with Crippen LogP contribution in [0.25, 0.3) is 11.0 Å². The number of hydrogen-bond donors (Lipinski definition) is 1. The number of carbonyl (C=O) groups excluding carboxylic acids is 1. The fourth-order valence-electron chi connectivity index (χ4n) is 3.29. The summed E-state index contributed by atoms with van der Waals surface area (Å²) in [6.45, 7) is 5.64. The lowest BCUT2D eigenvalue weighted by Crippen LogP contribution is -2.41. The Hall–Kier alpha value is -2.17. The number of rotatable bonds is 3. The lowest BCUT2D eigenvalue weighted by Gasteiger charge is -2.24. The SMILES string of the molecule is CC(C)(C)OC(=O)N[C@H]1CCC[C@H]1Cc1cnc2ccccc2n1. The molecule has 1 fully saturated rings. The monoisotopic (exact) mass is 327 g/mol. The highest BCUT2D eigenvalue weighted by molar-refractivity contribution is 5.73. The first-order valence-corrected chi connectivity index (χ1v) is 8.61. The predicted octanol–water partition coefficient (Wildman–Crippen LogP) is 3.87. The normalized spacial score (nSPS) is 21.0.